The van der Waals surface area contributed by atoms with Crippen molar-refractivity contribution in [3.8, 4) is 0 Å². The molecule has 1 heterocycles. The van der Waals surface area contributed by atoms with Gasteiger partial charge in [0, 0.05) is 4.88 Å². The Morgan fingerprint density at radius 1 is 1.13 bits per heavy atom. The number of methoxy groups -OCH3 is 1. The maximum Gasteiger partial charge on any atom is 0.460 e. The van der Waals surface area contributed by atoms with Crippen LogP contribution in [0.3, 0.4) is 0 Å². The predicted octanol–water partition coefficient (Wildman–Crippen LogP) is 5.85. The molecule has 4 nitrogen and oxygen atoms in total. The van der Waals surface area contributed by atoms with Gasteiger partial charge < -0.3 is 10.1 Å². The summed E-state index contributed by atoms with van der Waals surface area (Å²) in [4.78, 5) is 24.6. The summed E-state index contributed by atoms with van der Waals surface area (Å²) in [6, 6.07) is 0. The van der Waals surface area contributed by atoms with Crippen LogP contribution in [0.25, 0.3) is 0 Å². The summed E-state index contributed by atoms with van der Waals surface area (Å²) in [5, 5.41) is 0.885. The lowest BCUT2D eigenvalue weighted by Gasteiger charge is -2.36. The van der Waals surface area contributed by atoms with E-state index in [9.17, 15) is 40.3 Å². The molecule has 0 saturated heterocycles. The quantitative estimate of drug-likeness (QED) is 0.413. The number of carbonyl (C=O) groups excluding carboxylic acids is 2. The monoisotopic (exact) mass is 477 g/mol. The Morgan fingerprint density at radius 2 is 1.71 bits per heavy atom. The van der Waals surface area contributed by atoms with Crippen LogP contribution in [0, 0.1) is 11.3 Å². The average Bonchev–Trinajstić information content (AvgIpc) is 3.03. The zero-order chi connectivity index (χ0) is 24.0. The molecule has 0 radical (unpaired) electrons. The van der Waals surface area contributed by atoms with Crippen molar-refractivity contribution in [1.82, 2.24) is 0 Å². The van der Waals surface area contributed by atoms with Crippen LogP contribution in [-0.2, 0) is 22.4 Å². The van der Waals surface area contributed by atoms with Crippen molar-refractivity contribution in [2.75, 3.05) is 12.4 Å². The molecule has 12 heteroatoms. The summed E-state index contributed by atoms with van der Waals surface area (Å²) >= 11 is 0.706. The van der Waals surface area contributed by atoms with Crippen molar-refractivity contribution in [3.63, 3.8) is 0 Å². The van der Waals surface area contributed by atoms with Crippen LogP contribution in [0.4, 0.5) is 35.7 Å². The SMILES string of the molecule is CCC(C)(C)C1CCc2c(sc(NC(=O)C(F)(F)C(F)(F)C(F)(F)F)c2C(=O)OC)C1. The largest absolute Gasteiger partial charge is 0.465 e. The van der Waals surface area contributed by atoms with Gasteiger partial charge in [-0.25, -0.2) is 4.79 Å². The van der Waals surface area contributed by atoms with E-state index in [1.807, 2.05) is 20.8 Å². The molecule has 0 fully saturated rings. The van der Waals surface area contributed by atoms with Gasteiger partial charge in [-0.15, -0.1) is 11.3 Å². The normalized spacial score (nSPS) is 17.8. The van der Waals surface area contributed by atoms with Crippen molar-refractivity contribution >= 4 is 28.2 Å². The lowest BCUT2D eigenvalue weighted by molar-refractivity contribution is -0.343. The number of ether oxygens (including phenoxy) is 1. The first kappa shape index (κ1) is 25.4. The van der Waals surface area contributed by atoms with Crippen molar-refractivity contribution < 1.29 is 45.1 Å². The first-order chi connectivity index (χ1) is 14.0. The van der Waals surface area contributed by atoms with Gasteiger partial charge >= 0.3 is 29.9 Å². The maximum absolute atomic E-state index is 13.7. The molecule has 1 N–H and O–H groups in total. The fourth-order valence-electron chi connectivity index (χ4n) is 3.45. The van der Waals surface area contributed by atoms with Crippen LogP contribution in [0.1, 0.15) is 54.4 Å². The fourth-order valence-corrected chi connectivity index (χ4v) is 4.76. The molecule has 176 valence electrons. The van der Waals surface area contributed by atoms with E-state index in [4.69, 9.17) is 0 Å². The Hall–Kier alpha value is -1.85. The van der Waals surface area contributed by atoms with Crippen LogP contribution in [-0.4, -0.2) is 37.0 Å². The van der Waals surface area contributed by atoms with Crippen LogP contribution < -0.4 is 5.32 Å². The summed E-state index contributed by atoms with van der Waals surface area (Å²) in [6.45, 7) is 6.08. The van der Waals surface area contributed by atoms with Gasteiger partial charge in [0.2, 0.25) is 0 Å². The molecule has 1 unspecified atom stereocenters. The van der Waals surface area contributed by atoms with Crippen molar-refractivity contribution in [2.45, 2.75) is 64.5 Å². The molecule has 0 aromatic carbocycles. The van der Waals surface area contributed by atoms with Gasteiger partial charge in [-0.05, 0) is 36.2 Å². The van der Waals surface area contributed by atoms with Gasteiger partial charge in [0.05, 0.1) is 12.7 Å². The third-order valence-electron chi connectivity index (χ3n) is 5.93. The highest BCUT2D eigenvalue weighted by atomic mass is 32.1. The summed E-state index contributed by atoms with van der Waals surface area (Å²) in [7, 11) is 0.996. The number of hydrogen-bond donors (Lipinski definition) is 1. The van der Waals surface area contributed by atoms with Crippen molar-refractivity contribution in [2.24, 2.45) is 11.3 Å². The molecular weight excluding hydrogens is 455 g/mol. The highest BCUT2D eigenvalue weighted by Crippen LogP contribution is 2.49. The number of alkyl halides is 7. The lowest BCUT2D eigenvalue weighted by Crippen LogP contribution is -2.57. The number of thiophene rings is 1. The molecule has 0 bridgehead atoms. The van der Waals surface area contributed by atoms with Gasteiger partial charge in [0.25, 0.3) is 0 Å². The summed E-state index contributed by atoms with van der Waals surface area (Å²) in [5.41, 5.74) is 0.0362. The molecule has 2 rings (SSSR count). The number of fused-ring (bicyclic) bond motifs is 1. The minimum absolute atomic E-state index is 0.0850. The first-order valence-electron chi connectivity index (χ1n) is 9.37. The van der Waals surface area contributed by atoms with Crippen molar-refractivity contribution in [1.29, 1.82) is 0 Å². The van der Waals surface area contributed by atoms with Gasteiger partial charge in [0.15, 0.2) is 0 Å². The van der Waals surface area contributed by atoms with Crippen LogP contribution >= 0.6 is 11.3 Å². The summed E-state index contributed by atoms with van der Waals surface area (Å²) in [6.07, 6.45) is -4.38. The number of hydrogen-bond acceptors (Lipinski definition) is 4. The van der Waals surface area contributed by atoms with E-state index in [1.54, 1.807) is 0 Å². The Bertz CT molecular complexity index is 861. The van der Waals surface area contributed by atoms with E-state index in [-0.39, 0.29) is 16.9 Å². The molecule has 1 aliphatic carbocycles. The highest BCUT2D eigenvalue weighted by Gasteiger charge is 2.76. The van der Waals surface area contributed by atoms with E-state index in [0.717, 1.165) is 13.5 Å². The maximum atomic E-state index is 13.7. The van der Waals surface area contributed by atoms with Gasteiger partial charge in [-0.2, -0.15) is 30.7 Å². The molecule has 1 aromatic heterocycles. The molecule has 31 heavy (non-hydrogen) atoms. The predicted molar refractivity (Wildman–Crippen MR) is 99.8 cm³/mol. The Kier molecular flexibility index (Phi) is 6.76. The van der Waals surface area contributed by atoms with Crippen LogP contribution in [0.15, 0.2) is 0 Å². The molecular formula is C19H22F7NO3S. The second-order valence-electron chi connectivity index (χ2n) is 8.08. The van der Waals surface area contributed by atoms with E-state index >= 15 is 0 Å². The van der Waals surface area contributed by atoms with Crippen LogP contribution in [0.5, 0.6) is 0 Å². The Balaban J connectivity index is 2.44. The fraction of sp³-hybridized carbons (Fsp3) is 0.684. The number of carbonyl (C=O) groups is 2. The number of amides is 1. The van der Waals surface area contributed by atoms with Gasteiger partial charge in [-0.3, -0.25) is 4.79 Å². The van der Waals surface area contributed by atoms with Gasteiger partial charge in [-0.1, -0.05) is 27.2 Å². The Morgan fingerprint density at radius 3 is 2.19 bits per heavy atom. The van der Waals surface area contributed by atoms with E-state index in [0.29, 0.717) is 41.0 Å². The number of anilines is 1. The first-order valence-corrected chi connectivity index (χ1v) is 10.2. The summed E-state index contributed by atoms with van der Waals surface area (Å²) < 4.78 is 95.7. The minimum atomic E-state index is -6.65. The molecule has 1 atom stereocenters. The van der Waals surface area contributed by atoms with E-state index < -0.39 is 34.9 Å². The van der Waals surface area contributed by atoms with E-state index in [2.05, 4.69) is 4.74 Å². The third kappa shape index (κ3) is 4.40. The topological polar surface area (TPSA) is 55.4 Å². The molecule has 1 aliphatic rings. The minimum Gasteiger partial charge on any atom is -0.465 e. The standard InChI is InChI=1S/C19H22F7NO3S/c1-5-16(2,3)9-6-7-10-11(8-9)31-13(12(10)14(28)30-4)27-15(29)17(20,21)18(22,23)19(24,25)26/h9H,5-8H2,1-4H3,(H,27,29). The number of esters is 1. The number of halogens is 7. The number of nitrogens with one attached hydrogen (secondary N) is 1. The molecule has 0 aliphatic heterocycles. The Labute approximate surface area is 178 Å². The molecule has 1 amide bonds. The lowest BCUT2D eigenvalue weighted by atomic mass is 9.69. The highest BCUT2D eigenvalue weighted by molar-refractivity contribution is 7.17. The molecule has 0 spiro atoms. The smallest absolute Gasteiger partial charge is 0.460 e. The average molecular weight is 477 g/mol. The molecule has 0 saturated carbocycles. The van der Waals surface area contributed by atoms with E-state index in [1.165, 1.54) is 5.32 Å². The van der Waals surface area contributed by atoms with Gasteiger partial charge in [0.1, 0.15) is 5.00 Å². The zero-order valence-corrected chi connectivity index (χ0v) is 18.0. The third-order valence-corrected chi connectivity index (χ3v) is 7.10. The second-order valence-corrected chi connectivity index (χ2v) is 9.19. The summed E-state index contributed by atoms with van der Waals surface area (Å²) in [5.74, 6) is -16.4. The second kappa shape index (κ2) is 8.25. The molecule has 1 aromatic rings. The van der Waals surface area contributed by atoms with Crippen molar-refractivity contribution in [3.05, 3.63) is 16.0 Å². The zero-order valence-electron chi connectivity index (χ0n) is 17.2. The van der Waals surface area contributed by atoms with Crippen LogP contribution in [0.2, 0.25) is 0 Å². The number of rotatable bonds is 6.